The maximum absolute atomic E-state index is 13.0. The molecule has 30 heavy (non-hydrogen) atoms. The van der Waals surface area contributed by atoms with E-state index in [0.29, 0.717) is 43.4 Å². The third kappa shape index (κ3) is 4.84. The highest BCUT2D eigenvalue weighted by Gasteiger charge is 2.34. The van der Waals surface area contributed by atoms with Gasteiger partial charge in [-0.05, 0) is 62.6 Å². The van der Waals surface area contributed by atoms with Crippen LogP contribution in [0.15, 0.2) is 36.4 Å². The number of ether oxygens (including phenoxy) is 2. The number of carboxylic acids is 1. The van der Waals surface area contributed by atoms with Crippen molar-refractivity contribution in [3.63, 3.8) is 0 Å². The number of anilines is 1. The molecule has 7 nitrogen and oxygen atoms in total. The maximum Gasteiger partial charge on any atom is 0.322 e. The van der Waals surface area contributed by atoms with Gasteiger partial charge in [-0.2, -0.15) is 0 Å². The van der Waals surface area contributed by atoms with E-state index < -0.39 is 12.0 Å². The van der Waals surface area contributed by atoms with Crippen LogP contribution in [-0.2, 0) is 11.2 Å². The van der Waals surface area contributed by atoms with Gasteiger partial charge in [0.05, 0.1) is 25.7 Å². The van der Waals surface area contributed by atoms with Crippen molar-refractivity contribution in [1.82, 2.24) is 4.90 Å². The van der Waals surface area contributed by atoms with E-state index in [1.54, 1.807) is 4.90 Å². The van der Waals surface area contributed by atoms with Gasteiger partial charge in [-0.1, -0.05) is 17.7 Å². The fourth-order valence-corrected chi connectivity index (χ4v) is 3.71. The zero-order valence-corrected chi connectivity index (χ0v) is 17.6. The van der Waals surface area contributed by atoms with Crippen molar-refractivity contribution in [2.45, 2.75) is 39.7 Å². The zero-order valence-electron chi connectivity index (χ0n) is 17.6. The number of carboxylic acid groups (broad SMARTS) is 1. The molecule has 1 heterocycles. The van der Waals surface area contributed by atoms with Crippen molar-refractivity contribution >= 4 is 17.7 Å². The highest BCUT2D eigenvalue weighted by Crippen LogP contribution is 2.40. The van der Waals surface area contributed by atoms with E-state index in [0.717, 1.165) is 16.7 Å². The fourth-order valence-electron chi connectivity index (χ4n) is 3.71. The number of aryl methyl sites for hydroxylation is 1. The summed E-state index contributed by atoms with van der Waals surface area (Å²) >= 11 is 0. The van der Waals surface area contributed by atoms with E-state index in [4.69, 9.17) is 9.47 Å². The second kappa shape index (κ2) is 9.52. The van der Waals surface area contributed by atoms with Gasteiger partial charge in [-0.15, -0.1) is 0 Å². The Morgan fingerprint density at radius 3 is 2.33 bits per heavy atom. The zero-order chi connectivity index (χ0) is 21.7. The molecule has 7 heteroatoms. The third-order valence-electron chi connectivity index (χ3n) is 5.09. The Morgan fingerprint density at radius 1 is 1.10 bits per heavy atom. The maximum atomic E-state index is 13.0. The molecular weight excluding hydrogens is 384 g/mol. The number of carbonyl (C=O) groups is 2. The van der Waals surface area contributed by atoms with E-state index >= 15 is 0 Å². The predicted octanol–water partition coefficient (Wildman–Crippen LogP) is 4.40. The molecule has 0 aliphatic carbocycles. The summed E-state index contributed by atoms with van der Waals surface area (Å²) in [6.07, 6.45) is 0.424. The number of hydrogen-bond acceptors (Lipinski definition) is 4. The van der Waals surface area contributed by atoms with E-state index in [9.17, 15) is 14.7 Å². The Morgan fingerprint density at radius 2 is 1.73 bits per heavy atom. The van der Waals surface area contributed by atoms with Crippen molar-refractivity contribution in [3.8, 4) is 11.5 Å². The lowest BCUT2D eigenvalue weighted by Gasteiger charge is -2.37. The van der Waals surface area contributed by atoms with E-state index in [2.05, 4.69) is 5.32 Å². The Bertz CT molecular complexity index is 911. The van der Waals surface area contributed by atoms with E-state index in [-0.39, 0.29) is 12.5 Å². The van der Waals surface area contributed by atoms with Crippen molar-refractivity contribution in [2.75, 3.05) is 25.1 Å². The first-order valence-electron chi connectivity index (χ1n) is 10.2. The van der Waals surface area contributed by atoms with Crippen molar-refractivity contribution in [2.24, 2.45) is 0 Å². The standard InChI is InChI=1S/C23H28N2O5/c1-4-29-20-12-16-10-11-25(23(28)24-17-8-6-15(3)7-9-17)19(14-22(26)27)18(16)13-21(20)30-5-2/h6-9,12-13,19H,4-5,10-11,14H2,1-3H3,(H,24,28)(H,26,27)/t19-/m1/s1. The number of benzene rings is 2. The van der Waals surface area contributed by atoms with Crippen molar-refractivity contribution in [3.05, 3.63) is 53.1 Å². The van der Waals surface area contributed by atoms with Gasteiger partial charge in [-0.25, -0.2) is 4.79 Å². The van der Waals surface area contributed by atoms with Crippen LogP contribution in [0.25, 0.3) is 0 Å². The van der Waals surface area contributed by atoms with Crippen LogP contribution in [0.1, 0.15) is 43.0 Å². The summed E-state index contributed by atoms with van der Waals surface area (Å²) in [7, 11) is 0. The Kier molecular flexibility index (Phi) is 6.82. The average molecular weight is 412 g/mol. The van der Waals surface area contributed by atoms with Gasteiger partial charge >= 0.3 is 12.0 Å². The lowest BCUT2D eigenvalue weighted by Crippen LogP contribution is -2.43. The molecule has 2 aromatic rings. The summed E-state index contributed by atoms with van der Waals surface area (Å²) in [4.78, 5) is 26.2. The third-order valence-corrected chi connectivity index (χ3v) is 5.09. The van der Waals surface area contributed by atoms with Gasteiger partial charge in [0.1, 0.15) is 0 Å². The summed E-state index contributed by atoms with van der Waals surface area (Å²) in [6, 6.07) is 10.3. The van der Waals surface area contributed by atoms with Crippen LogP contribution in [0, 0.1) is 6.92 Å². The molecule has 2 aromatic carbocycles. The van der Waals surface area contributed by atoms with Gasteiger partial charge in [-0.3, -0.25) is 4.79 Å². The Hall–Kier alpha value is -3.22. The molecule has 0 saturated heterocycles. The summed E-state index contributed by atoms with van der Waals surface area (Å²) in [5.41, 5.74) is 3.53. The van der Waals surface area contributed by atoms with Gasteiger partial charge in [0.2, 0.25) is 0 Å². The van der Waals surface area contributed by atoms with Gasteiger partial charge < -0.3 is 24.8 Å². The van der Waals surface area contributed by atoms with E-state index in [1.165, 1.54) is 0 Å². The van der Waals surface area contributed by atoms with Crippen LogP contribution in [0.3, 0.4) is 0 Å². The molecule has 1 atom stereocenters. The molecular formula is C23H28N2O5. The summed E-state index contributed by atoms with van der Waals surface area (Å²) in [5.74, 6) is 0.242. The molecule has 0 unspecified atom stereocenters. The SMILES string of the molecule is CCOc1cc2c(cc1OCC)[C@@H](CC(=O)O)N(C(=O)Nc1ccc(C)cc1)CC2. The first-order chi connectivity index (χ1) is 14.4. The monoisotopic (exact) mass is 412 g/mol. The Labute approximate surface area is 176 Å². The number of amides is 2. The Balaban J connectivity index is 1.93. The first-order valence-corrected chi connectivity index (χ1v) is 10.2. The number of hydrogen-bond donors (Lipinski definition) is 2. The van der Waals surface area contributed by atoms with Crippen LogP contribution in [0.4, 0.5) is 10.5 Å². The number of carbonyl (C=O) groups excluding carboxylic acids is 1. The fraction of sp³-hybridized carbons (Fsp3) is 0.391. The number of nitrogens with zero attached hydrogens (tertiary/aromatic N) is 1. The second-order valence-electron chi connectivity index (χ2n) is 7.22. The largest absolute Gasteiger partial charge is 0.490 e. The summed E-state index contributed by atoms with van der Waals surface area (Å²) < 4.78 is 11.4. The molecule has 0 saturated carbocycles. The molecule has 0 radical (unpaired) electrons. The highest BCUT2D eigenvalue weighted by molar-refractivity contribution is 5.90. The number of nitrogens with one attached hydrogen (secondary N) is 1. The summed E-state index contributed by atoms with van der Waals surface area (Å²) in [6.45, 7) is 7.14. The van der Waals surface area contributed by atoms with Crippen LogP contribution in [0.2, 0.25) is 0 Å². The smallest absolute Gasteiger partial charge is 0.322 e. The minimum Gasteiger partial charge on any atom is -0.490 e. The molecule has 0 fully saturated rings. The number of rotatable bonds is 7. The average Bonchev–Trinajstić information content (AvgIpc) is 2.70. The minimum atomic E-state index is -0.965. The molecule has 0 aromatic heterocycles. The van der Waals surface area contributed by atoms with Crippen LogP contribution < -0.4 is 14.8 Å². The van der Waals surface area contributed by atoms with Crippen molar-refractivity contribution in [1.29, 1.82) is 0 Å². The molecule has 2 N–H and O–H groups in total. The predicted molar refractivity (Wildman–Crippen MR) is 114 cm³/mol. The van der Waals surface area contributed by atoms with E-state index in [1.807, 2.05) is 57.2 Å². The summed E-state index contributed by atoms with van der Waals surface area (Å²) in [5, 5.41) is 12.4. The quantitative estimate of drug-likeness (QED) is 0.704. The first kappa shape index (κ1) is 21.5. The molecule has 1 aliphatic heterocycles. The number of aliphatic carboxylic acids is 1. The number of fused-ring (bicyclic) bond motifs is 1. The molecule has 2 amide bonds. The van der Waals surface area contributed by atoms with Crippen LogP contribution >= 0.6 is 0 Å². The molecule has 0 spiro atoms. The second-order valence-corrected chi connectivity index (χ2v) is 7.22. The highest BCUT2D eigenvalue weighted by atomic mass is 16.5. The van der Waals surface area contributed by atoms with Crippen LogP contribution in [0.5, 0.6) is 11.5 Å². The van der Waals surface area contributed by atoms with Gasteiger partial charge in [0.25, 0.3) is 0 Å². The van der Waals surface area contributed by atoms with Crippen LogP contribution in [-0.4, -0.2) is 41.8 Å². The lowest BCUT2D eigenvalue weighted by atomic mass is 9.90. The lowest BCUT2D eigenvalue weighted by molar-refractivity contribution is -0.138. The molecule has 3 rings (SSSR count). The number of urea groups is 1. The molecule has 160 valence electrons. The minimum absolute atomic E-state index is 0.187. The van der Waals surface area contributed by atoms with Gasteiger partial charge in [0, 0.05) is 12.2 Å². The van der Waals surface area contributed by atoms with Gasteiger partial charge in [0.15, 0.2) is 11.5 Å². The normalized spacial score (nSPS) is 15.3. The van der Waals surface area contributed by atoms with Crippen molar-refractivity contribution < 1.29 is 24.2 Å². The molecule has 0 bridgehead atoms. The topological polar surface area (TPSA) is 88.1 Å². The molecule has 1 aliphatic rings.